The standard InChI is InChI=1S/C24H27F2N5O3/c1-17-3-2-4-19(11-17)31(20-6-5-18(25)12-28-20)22-14-27-13-21(29-22)30-9-7-24(26,8-10-30)16-34-15-23(32)33/h4-6,11-14H,2-3,7-10,15-16H2,1H3,(H,32,33). The number of aliphatic carboxylic acids is 1. The van der Waals surface area contributed by atoms with Gasteiger partial charge in [0.05, 0.1) is 25.2 Å². The van der Waals surface area contributed by atoms with Crippen molar-refractivity contribution in [2.75, 3.05) is 36.1 Å². The van der Waals surface area contributed by atoms with Gasteiger partial charge >= 0.3 is 5.97 Å². The number of hydrogen-bond donors (Lipinski definition) is 1. The molecule has 2 aromatic rings. The highest BCUT2D eigenvalue weighted by atomic mass is 19.1. The smallest absolute Gasteiger partial charge is 0.329 e. The number of halogens is 2. The Morgan fingerprint density at radius 1 is 1.24 bits per heavy atom. The van der Waals surface area contributed by atoms with E-state index in [2.05, 4.69) is 29.0 Å². The van der Waals surface area contributed by atoms with Crippen LogP contribution in [0, 0.1) is 5.82 Å². The van der Waals surface area contributed by atoms with Crippen LogP contribution in [0.15, 0.2) is 54.1 Å². The van der Waals surface area contributed by atoms with Gasteiger partial charge in [-0.2, -0.15) is 0 Å². The average molecular weight is 472 g/mol. The highest BCUT2D eigenvalue weighted by molar-refractivity contribution is 5.68. The molecule has 4 rings (SSSR count). The number of carbonyl (C=O) groups is 1. The number of rotatable bonds is 8. The third-order valence-electron chi connectivity index (χ3n) is 5.89. The summed E-state index contributed by atoms with van der Waals surface area (Å²) in [5.74, 6) is 0.0858. The molecule has 0 unspecified atom stereocenters. The van der Waals surface area contributed by atoms with E-state index in [-0.39, 0.29) is 19.4 Å². The Balaban J connectivity index is 1.54. The molecule has 34 heavy (non-hydrogen) atoms. The Morgan fingerprint density at radius 3 is 2.71 bits per heavy atom. The molecule has 1 N–H and O–H groups in total. The van der Waals surface area contributed by atoms with Crippen LogP contribution in [0.4, 0.5) is 26.2 Å². The number of nitrogens with zero attached hydrogens (tertiary/aromatic N) is 5. The summed E-state index contributed by atoms with van der Waals surface area (Å²) in [5.41, 5.74) is 0.525. The van der Waals surface area contributed by atoms with Crippen molar-refractivity contribution < 1.29 is 23.4 Å². The minimum atomic E-state index is -1.57. The van der Waals surface area contributed by atoms with Crippen LogP contribution in [0.1, 0.15) is 32.6 Å². The number of piperidine rings is 1. The van der Waals surface area contributed by atoms with Crippen molar-refractivity contribution >= 4 is 23.4 Å². The minimum absolute atomic E-state index is 0.189. The first-order valence-corrected chi connectivity index (χ1v) is 11.2. The Bertz CT molecular complexity index is 1080. The van der Waals surface area contributed by atoms with Crippen molar-refractivity contribution in [3.63, 3.8) is 0 Å². The Morgan fingerprint density at radius 2 is 2.03 bits per heavy atom. The maximum Gasteiger partial charge on any atom is 0.329 e. The van der Waals surface area contributed by atoms with Gasteiger partial charge in [-0.1, -0.05) is 11.6 Å². The second-order valence-corrected chi connectivity index (χ2v) is 8.59. The molecule has 0 amide bonds. The van der Waals surface area contributed by atoms with E-state index in [0.717, 1.165) is 24.7 Å². The number of allylic oxidation sites excluding steroid dienone is 3. The number of ether oxygens (including phenoxy) is 1. The second-order valence-electron chi connectivity index (χ2n) is 8.59. The fraction of sp³-hybridized carbons (Fsp3) is 0.417. The van der Waals surface area contributed by atoms with Crippen LogP contribution in [0.5, 0.6) is 0 Å². The van der Waals surface area contributed by atoms with E-state index < -0.39 is 24.1 Å². The van der Waals surface area contributed by atoms with E-state index >= 15 is 4.39 Å². The van der Waals surface area contributed by atoms with E-state index in [1.54, 1.807) is 18.5 Å². The van der Waals surface area contributed by atoms with Gasteiger partial charge in [0.15, 0.2) is 5.82 Å². The zero-order valence-electron chi connectivity index (χ0n) is 19.0. The molecule has 0 radical (unpaired) electrons. The van der Waals surface area contributed by atoms with Crippen molar-refractivity contribution in [2.45, 2.75) is 38.3 Å². The number of hydrogen-bond acceptors (Lipinski definition) is 7. The van der Waals surface area contributed by atoms with E-state index in [4.69, 9.17) is 14.8 Å². The number of alkyl halides is 1. The minimum Gasteiger partial charge on any atom is -0.480 e. The highest BCUT2D eigenvalue weighted by Gasteiger charge is 2.35. The van der Waals surface area contributed by atoms with Gasteiger partial charge in [0.1, 0.15) is 29.7 Å². The summed E-state index contributed by atoms with van der Waals surface area (Å²) in [6.45, 7) is 2.08. The molecule has 1 saturated heterocycles. The molecule has 0 aromatic carbocycles. The van der Waals surface area contributed by atoms with E-state index in [9.17, 15) is 9.18 Å². The van der Waals surface area contributed by atoms with E-state index in [1.807, 2.05) is 9.80 Å². The van der Waals surface area contributed by atoms with Crippen LogP contribution in [-0.4, -0.2) is 58.0 Å². The van der Waals surface area contributed by atoms with Crippen LogP contribution < -0.4 is 9.80 Å². The predicted octanol–water partition coefficient (Wildman–Crippen LogP) is 4.18. The van der Waals surface area contributed by atoms with Crippen molar-refractivity contribution in [1.82, 2.24) is 15.0 Å². The Labute approximate surface area is 196 Å². The summed E-state index contributed by atoms with van der Waals surface area (Å²) in [7, 11) is 0. The molecule has 0 spiro atoms. The van der Waals surface area contributed by atoms with Crippen LogP contribution in [0.2, 0.25) is 0 Å². The Kier molecular flexibility index (Phi) is 7.16. The van der Waals surface area contributed by atoms with Gasteiger partial charge in [0.25, 0.3) is 0 Å². The first-order chi connectivity index (χ1) is 16.3. The summed E-state index contributed by atoms with van der Waals surface area (Å²) in [6, 6.07) is 2.95. The van der Waals surface area contributed by atoms with Gasteiger partial charge in [-0.25, -0.2) is 23.5 Å². The zero-order valence-corrected chi connectivity index (χ0v) is 19.0. The molecule has 1 fully saturated rings. The molecular weight excluding hydrogens is 444 g/mol. The molecule has 0 saturated carbocycles. The molecule has 0 bridgehead atoms. The van der Waals surface area contributed by atoms with Crippen LogP contribution in [0.3, 0.4) is 0 Å². The zero-order chi connectivity index (χ0) is 24.1. The lowest BCUT2D eigenvalue weighted by molar-refractivity contribution is -0.144. The van der Waals surface area contributed by atoms with Gasteiger partial charge in [-0.15, -0.1) is 0 Å². The first-order valence-electron chi connectivity index (χ1n) is 11.2. The monoisotopic (exact) mass is 471 g/mol. The topological polar surface area (TPSA) is 91.7 Å². The van der Waals surface area contributed by atoms with Gasteiger partial charge in [0, 0.05) is 31.6 Å². The maximum atomic E-state index is 15.0. The summed E-state index contributed by atoms with van der Waals surface area (Å²) in [4.78, 5) is 27.8. The molecule has 2 aromatic heterocycles. The van der Waals surface area contributed by atoms with Crippen molar-refractivity contribution in [3.8, 4) is 0 Å². The van der Waals surface area contributed by atoms with E-state index in [0.29, 0.717) is 30.5 Å². The summed E-state index contributed by atoms with van der Waals surface area (Å²) >= 11 is 0. The SMILES string of the molecule is CC1=CC(N(c2ccc(F)cn2)c2cncc(N3CCC(F)(COCC(=O)O)CC3)n2)=CCC1. The number of anilines is 3. The molecule has 1 aliphatic carbocycles. The van der Waals surface area contributed by atoms with E-state index in [1.165, 1.54) is 11.6 Å². The quantitative estimate of drug-likeness (QED) is 0.613. The number of carboxylic acid groups (broad SMARTS) is 1. The first kappa shape index (κ1) is 23.7. The average Bonchev–Trinajstić information content (AvgIpc) is 2.81. The number of pyridine rings is 1. The highest BCUT2D eigenvalue weighted by Crippen LogP contribution is 2.33. The molecule has 8 nitrogen and oxygen atoms in total. The Hall–Kier alpha value is -3.40. The molecule has 1 aliphatic heterocycles. The lowest BCUT2D eigenvalue weighted by Crippen LogP contribution is -2.45. The van der Waals surface area contributed by atoms with Gasteiger partial charge in [0.2, 0.25) is 0 Å². The normalized spacial score (nSPS) is 17.7. The predicted molar refractivity (Wildman–Crippen MR) is 123 cm³/mol. The molecule has 2 aliphatic rings. The third kappa shape index (κ3) is 5.74. The fourth-order valence-corrected chi connectivity index (χ4v) is 4.08. The van der Waals surface area contributed by atoms with Gasteiger partial charge in [-0.05, 0) is 38.0 Å². The largest absolute Gasteiger partial charge is 0.480 e. The third-order valence-corrected chi connectivity index (χ3v) is 5.89. The molecule has 180 valence electrons. The summed E-state index contributed by atoms with van der Waals surface area (Å²) in [6.07, 6.45) is 10.8. The van der Waals surface area contributed by atoms with Crippen LogP contribution in [-0.2, 0) is 9.53 Å². The summed E-state index contributed by atoms with van der Waals surface area (Å²) in [5, 5.41) is 8.69. The van der Waals surface area contributed by atoms with Gasteiger partial charge < -0.3 is 14.7 Å². The van der Waals surface area contributed by atoms with Gasteiger partial charge in [-0.3, -0.25) is 9.88 Å². The van der Waals surface area contributed by atoms with Crippen molar-refractivity contribution in [1.29, 1.82) is 0 Å². The second kappa shape index (κ2) is 10.3. The number of carboxylic acids is 1. The van der Waals surface area contributed by atoms with Crippen LogP contribution >= 0.6 is 0 Å². The summed E-state index contributed by atoms with van der Waals surface area (Å²) < 4.78 is 33.5. The maximum absolute atomic E-state index is 15.0. The van der Waals surface area contributed by atoms with Crippen molar-refractivity contribution in [3.05, 3.63) is 60.0 Å². The fourth-order valence-electron chi connectivity index (χ4n) is 4.08. The lowest BCUT2D eigenvalue weighted by atomic mass is 9.94. The molecule has 0 atom stereocenters. The molecule has 10 heteroatoms. The molecular formula is C24H27F2N5O3. The number of aromatic nitrogens is 3. The lowest BCUT2D eigenvalue weighted by Gasteiger charge is -2.37. The molecule has 3 heterocycles. The van der Waals surface area contributed by atoms with Crippen molar-refractivity contribution in [2.24, 2.45) is 0 Å². The van der Waals surface area contributed by atoms with Crippen LogP contribution in [0.25, 0.3) is 0 Å².